The molecule has 0 amide bonds. The minimum Gasteiger partial charge on any atom is -0.462 e. The third-order valence-corrected chi connectivity index (χ3v) is 8.31. The first-order valence-corrected chi connectivity index (χ1v) is 14.9. The van der Waals surface area contributed by atoms with Gasteiger partial charge in [-0.25, -0.2) is 9.36 Å². The highest BCUT2D eigenvalue weighted by Gasteiger charge is 2.55. The minimum absolute atomic E-state index is 0.134. The van der Waals surface area contributed by atoms with Crippen LogP contribution in [0.5, 0.6) is 5.75 Å². The Morgan fingerprint density at radius 2 is 1.98 bits per heavy atom. The number of azide groups is 1. The number of carbonyl (C=O) groups excluding carboxylic acids is 1. The molecule has 1 aromatic carbocycles. The third-order valence-electron chi connectivity index (χ3n) is 6.68. The van der Waals surface area contributed by atoms with Gasteiger partial charge in [0.2, 0.25) is 0 Å². The summed E-state index contributed by atoms with van der Waals surface area (Å²) >= 11 is 0. The van der Waals surface area contributed by atoms with E-state index in [1.54, 1.807) is 32.9 Å². The molecule has 1 aromatic heterocycles. The highest BCUT2D eigenvalue weighted by Crippen LogP contribution is 2.48. The van der Waals surface area contributed by atoms with Gasteiger partial charge in [0, 0.05) is 17.2 Å². The Morgan fingerprint density at radius 3 is 2.57 bits per heavy atom. The maximum atomic E-state index is 14.1. The number of H-pyrrole nitrogens is 1. The molecule has 0 radical (unpaired) electrons. The lowest BCUT2D eigenvalue weighted by Crippen LogP contribution is -2.45. The van der Waals surface area contributed by atoms with E-state index in [-0.39, 0.29) is 11.7 Å². The average Bonchev–Trinajstić information content (AvgIpc) is 3.13. The van der Waals surface area contributed by atoms with Crippen LogP contribution in [0, 0.1) is 6.92 Å². The summed E-state index contributed by atoms with van der Waals surface area (Å²) in [6.07, 6.45) is -3.50. The summed E-state index contributed by atoms with van der Waals surface area (Å²) in [5.41, 5.74) is 7.48. The normalized spacial score (nSPS) is 24.2. The molecule has 3 rings (SSSR count). The molecule has 3 N–H and O–H groups in total. The second kappa shape index (κ2) is 13.2. The number of rotatable bonds is 12. The van der Waals surface area contributed by atoms with E-state index in [2.05, 4.69) is 20.1 Å². The van der Waals surface area contributed by atoms with Gasteiger partial charge in [-0.1, -0.05) is 31.1 Å². The number of aliphatic hydroxyl groups is 1. The highest BCUT2D eigenvalue weighted by atomic mass is 31.2. The molecule has 2 aromatic rings. The Labute approximate surface area is 242 Å². The minimum atomic E-state index is -4.38. The Hall–Kier alpha value is -3.45. The van der Waals surface area contributed by atoms with E-state index in [1.807, 2.05) is 19.9 Å². The average molecular weight is 609 g/mol. The number of nitrogens with one attached hydrogen (secondary N) is 2. The number of hydrogen-bond acceptors (Lipinski definition) is 10. The molecule has 1 aliphatic rings. The van der Waals surface area contributed by atoms with Crippen molar-refractivity contribution in [1.82, 2.24) is 14.6 Å². The quantitative estimate of drug-likeness (QED) is 0.105. The molecule has 15 nitrogen and oxygen atoms in total. The zero-order chi connectivity index (χ0) is 31.4. The van der Waals surface area contributed by atoms with Gasteiger partial charge in [-0.05, 0) is 63.3 Å². The van der Waals surface area contributed by atoms with Gasteiger partial charge >= 0.3 is 19.4 Å². The molecule has 2 unspecified atom stereocenters. The largest absolute Gasteiger partial charge is 0.462 e. The smallest absolute Gasteiger partial charge is 0.459 e. The van der Waals surface area contributed by atoms with Gasteiger partial charge in [-0.3, -0.25) is 23.7 Å². The predicted octanol–water partition coefficient (Wildman–Crippen LogP) is 3.43. The summed E-state index contributed by atoms with van der Waals surface area (Å²) in [7, 11) is -4.38. The van der Waals surface area contributed by atoms with Crippen LogP contribution in [0.15, 0.2) is 45.2 Å². The van der Waals surface area contributed by atoms with E-state index < -0.39 is 67.7 Å². The first-order valence-electron chi connectivity index (χ1n) is 13.3. The lowest BCUT2D eigenvalue weighted by Gasteiger charge is -2.28. The van der Waals surface area contributed by atoms with E-state index >= 15 is 0 Å². The molecule has 1 aliphatic heterocycles. The molecular weight excluding hydrogens is 571 g/mol. The van der Waals surface area contributed by atoms with Gasteiger partial charge in [0.1, 0.15) is 23.4 Å². The van der Waals surface area contributed by atoms with Gasteiger partial charge in [-0.2, -0.15) is 5.09 Å². The molecule has 6 atom stereocenters. The fraction of sp³-hybridized carbons (Fsp3) is 0.577. The Morgan fingerprint density at radius 1 is 1.29 bits per heavy atom. The maximum absolute atomic E-state index is 14.1. The molecule has 2 heterocycles. The first kappa shape index (κ1) is 33.1. The van der Waals surface area contributed by atoms with Crippen molar-refractivity contribution in [3.63, 3.8) is 0 Å². The fourth-order valence-electron chi connectivity index (χ4n) is 4.28. The Balaban J connectivity index is 1.94. The number of esters is 1. The van der Waals surface area contributed by atoms with Crippen molar-refractivity contribution in [2.45, 2.75) is 90.5 Å². The molecule has 42 heavy (non-hydrogen) atoms. The maximum Gasteiger partial charge on any atom is 0.459 e. The Bertz CT molecular complexity index is 1500. The summed E-state index contributed by atoms with van der Waals surface area (Å²) < 4.78 is 37.8. The highest BCUT2D eigenvalue weighted by molar-refractivity contribution is 7.52. The standard InChI is InChI=1S/C26H37N6O9P/c1-14(2)18-9-8-16(5)19(12-18)41-42(37,29-17(6)23(35)39-15(3)4)38-13-20-22(34)26(7,30-31-27)24(40-20)32-11-10-21(33)28-25(32)36/h8-12,14-15,17,20,22,24,34H,13H2,1-7H3,(H,29,37)(H,28,33,36)/t17-,20+,22+,24?,26+,42?/m0/s1. The molecule has 0 saturated carbocycles. The van der Waals surface area contributed by atoms with Crippen molar-refractivity contribution >= 4 is 13.7 Å². The third kappa shape index (κ3) is 7.49. The molecule has 0 bridgehead atoms. The summed E-state index contributed by atoms with van der Waals surface area (Å²) in [6, 6.07) is 5.36. The van der Waals surface area contributed by atoms with Gasteiger partial charge < -0.3 is 19.1 Å². The van der Waals surface area contributed by atoms with Crippen LogP contribution >= 0.6 is 7.75 Å². The van der Waals surface area contributed by atoms with Crippen LogP contribution in [-0.4, -0.2) is 57.1 Å². The van der Waals surface area contributed by atoms with E-state index in [9.17, 15) is 29.6 Å². The van der Waals surface area contributed by atoms with E-state index in [4.69, 9.17) is 18.5 Å². The van der Waals surface area contributed by atoms with Crippen molar-refractivity contribution in [2.75, 3.05) is 6.61 Å². The van der Waals surface area contributed by atoms with Crippen LogP contribution in [0.3, 0.4) is 0 Å². The molecule has 16 heteroatoms. The van der Waals surface area contributed by atoms with Crippen LogP contribution < -0.4 is 20.9 Å². The number of ether oxygens (including phenoxy) is 2. The second-order valence-corrected chi connectivity index (χ2v) is 12.5. The van der Waals surface area contributed by atoms with Gasteiger partial charge in [0.15, 0.2) is 6.23 Å². The summed E-state index contributed by atoms with van der Waals surface area (Å²) in [6.45, 7) is 11.3. The Kier molecular flexibility index (Phi) is 10.4. The fourth-order valence-corrected chi connectivity index (χ4v) is 5.84. The first-order chi connectivity index (χ1) is 19.6. The van der Waals surface area contributed by atoms with Crippen molar-refractivity contribution in [3.8, 4) is 5.75 Å². The van der Waals surface area contributed by atoms with E-state index in [0.29, 0.717) is 5.56 Å². The number of carbonyl (C=O) groups is 1. The second-order valence-electron chi connectivity index (χ2n) is 10.8. The zero-order valence-corrected chi connectivity index (χ0v) is 25.4. The van der Waals surface area contributed by atoms with Crippen molar-refractivity contribution in [3.05, 3.63) is 72.9 Å². The zero-order valence-electron chi connectivity index (χ0n) is 24.5. The summed E-state index contributed by atoms with van der Waals surface area (Å²) in [5.74, 6) is -0.323. The molecule has 1 saturated heterocycles. The van der Waals surface area contributed by atoms with Crippen molar-refractivity contribution in [1.29, 1.82) is 0 Å². The van der Waals surface area contributed by atoms with Crippen molar-refractivity contribution < 1.29 is 33.0 Å². The lowest BCUT2D eigenvalue weighted by atomic mass is 9.93. The predicted molar refractivity (Wildman–Crippen MR) is 152 cm³/mol. The van der Waals surface area contributed by atoms with Crippen molar-refractivity contribution in [2.24, 2.45) is 5.11 Å². The molecule has 230 valence electrons. The molecule has 1 fully saturated rings. The van der Waals surface area contributed by atoms with E-state index in [1.165, 1.54) is 13.8 Å². The molecular formula is C26H37N6O9P. The number of nitrogens with zero attached hydrogens (tertiary/aromatic N) is 4. The van der Waals surface area contributed by atoms with Crippen LogP contribution in [0.25, 0.3) is 10.4 Å². The number of aryl methyl sites for hydroxylation is 1. The summed E-state index contributed by atoms with van der Waals surface area (Å²) in [5, 5.41) is 17.4. The number of benzene rings is 1. The SMILES string of the molecule is Cc1ccc(C(C)C)cc1OP(=O)(N[C@@H](C)C(=O)OC(C)C)OC[C@H]1OC(n2ccc(=O)[nH]c2=O)[C@](C)(N=[N+]=[N-])[C@@H]1O. The number of aliphatic hydroxyl groups excluding tert-OH is 1. The van der Waals surface area contributed by atoms with Gasteiger partial charge in [-0.15, -0.1) is 0 Å². The number of hydrogen-bond donors (Lipinski definition) is 3. The molecule has 0 aliphatic carbocycles. The van der Waals surface area contributed by atoms with Crippen LogP contribution in [0.2, 0.25) is 0 Å². The van der Waals surface area contributed by atoms with E-state index in [0.717, 1.165) is 22.4 Å². The summed E-state index contributed by atoms with van der Waals surface area (Å²) in [4.78, 5) is 41.5. The molecule has 0 spiro atoms. The van der Waals surface area contributed by atoms with Crippen LogP contribution in [-0.2, 0) is 23.4 Å². The van der Waals surface area contributed by atoms with Gasteiger partial charge in [0.05, 0.1) is 18.8 Å². The number of aromatic amines is 1. The topological polar surface area (TPSA) is 207 Å². The van der Waals surface area contributed by atoms with Gasteiger partial charge in [0.25, 0.3) is 5.56 Å². The monoisotopic (exact) mass is 608 g/mol. The van der Waals surface area contributed by atoms with Crippen LogP contribution in [0.4, 0.5) is 0 Å². The lowest BCUT2D eigenvalue weighted by molar-refractivity contribution is -0.149. The number of aromatic nitrogens is 2. The van der Waals surface area contributed by atoms with Crippen LogP contribution in [0.1, 0.15) is 64.8 Å².